The Kier molecular flexibility index (Phi) is 5.32. The number of carbonyl (C=O) groups excluding carboxylic acids is 2. The van der Waals surface area contributed by atoms with E-state index in [0.717, 1.165) is 18.2 Å². The van der Waals surface area contributed by atoms with Gasteiger partial charge in [-0.1, -0.05) is 12.1 Å². The number of para-hydroxylation sites is 1. The Morgan fingerprint density at radius 3 is 2.44 bits per heavy atom. The summed E-state index contributed by atoms with van der Waals surface area (Å²) in [7, 11) is 0. The molecule has 0 radical (unpaired) electrons. The fourth-order valence-electron chi connectivity index (χ4n) is 1.82. The summed E-state index contributed by atoms with van der Waals surface area (Å²) in [5.74, 6) is -7.00. The lowest BCUT2D eigenvalue weighted by Crippen LogP contribution is -2.22. The van der Waals surface area contributed by atoms with E-state index in [1.54, 1.807) is 0 Å². The van der Waals surface area contributed by atoms with Crippen LogP contribution in [0.2, 0.25) is 0 Å². The Balaban J connectivity index is 2.02. The number of esters is 1. The highest BCUT2D eigenvalue weighted by molar-refractivity contribution is 5.97. The van der Waals surface area contributed by atoms with Crippen LogP contribution < -0.4 is 5.32 Å². The zero-order chi connectivity index (χ0) is 18.6. The highest BCUT2D eigenvalue weighted by Crippen LogP contribution is 2.20. The summed E-state index contributed by atoms with van der Waals surface area (Å²) >= 11 is 0. The maximum atomic E-state index is 13.4. The molecule has 0 aliphatic rings. The number of nitro benzene ring substituents is 1. The van der Waals surface area contributed by atoms with Crippen LogP contribution in [0.3, 0.4) is 0 Å². The largest absolute Gasteiger partial charge is 0.452 e. The van der Waals surface area contributed by atoms with Crippen LogP contribution in [-0.2, 0) is 9.53 Å². The lowest BCUT2D eigenvalue weighted by Gasteiger charge is -2.08. The standard InChI is InChI=1S/C15H9F3N2O5/c16-9-5-6-10(14(18)13(9)17)19-12(21)7-25-15(22)8-3-1-2-4-11(8)20(23)24/h1-6H,7H2,(H,19,21). The van der Waals surface area contributed by atoms with E-state index in [9.17, 15) is 32.9 Å². The minimum atomic E-state index is -1.77. The maximum absolute atomic E-state index is 13.4. The Morgan fingerprint density at radius 1 is 1.08 bits per heavy atom. The van der Waals surface area contributed by atoms with E-state index in [1.165, 1.54) is 12.1 Å². The molecule has 0 heterocycles. The molecule has 2 aromatic rings. The second-order valence-corrected chi connectivity index (χ2v) is 4.62. The average Bonchev–Trinajstić information content (AvgIpc) is 2.60. The molecule has 0 aliphatic heterocycles. The van der Waals surface area contributed by atoms with Crippen molar-refractivity contribution in [3.8, 4) is 0 Å². The second-order valence-electron chi connectivity index (χ2n) is 4.62. The predicted octanol–water partition coefficient (Wildman–Crippen LogP) is 2.81. The molecule has 0 bridgehead atoms. The van der Waals surface area contributed by atoms with Gasteiger partial charge in [0.15, 0.2) is 24.1 Å². The number of ether oxygens (including phenoxy) is 1. The van der Waals surface area contributed by atoms with Gasteiger partial charge in [0.2, 0.25) is 0 Å². The van der Waals surface area contributed by atoms with Gasteiger partial charge in [0, 0.05) is 6.07 Å². The Morgan fingerprint density at radius 2 is 1.76 bits per heavy atom. The quantitative estimate of drug-likeness (QED) is 0.385. The van der Waals surface area contributed by atoms with Crippen LogP contribution in [0, 0.1) is 27.6 Å². The first-order valence-electron chi connectivity index (χ1n) is 6.65. The maximum Gasteiger partial charge on any atom is 0.345 e. The summed E-state index contributed by atoms with van der Waals surface area (Å²) < 4.78 is 43.9. The van der Waals surface area contributed by atoms with E-state index in [-0.39, 0.29) is 5.56 Å². The van der Waals surface area contributed by atoms with Gasteiger partial charge >= 0.3 is 5.97 Å². The number of nitrogens with zero attached hydrogens (tertiary/aromatic N) is 1. The summed E-state index contributed by atoms with van der Waals surface area (Å²) in [4.78, 5) is 33.4. The number of hydrogen-bond donors (Lipinski definition) is 1. The van der Waals surface area contributed by atoms with Crippen LogP contribution in [0.4, 0.5) is 24.5 Å². The average molecular weight is 354 g/mol. The van der Waals surface area contributed by atoms with E-state index in [4.69, 9.17) is 0 Å². The third-order valence-corrected chi connectivity index (χ3v) is 2.96. The number of rotatable bonds is 5. The number of anilines is 1. The highest BCUT2D eigenvalue weighted by atomic mass is 19.2. The third kappa shape index (κ3) is 4.10. The van der Waals surface area contributed by atoms with Crippen molar-refractivity contribution in [3.63, 3.8) is 0 Å². The lowest BCUT2D eigenvalue weighted by molar-refractivity contribution is -0.385. The highest BCUT2D eigenvalue weighted by Gasteiger charge is 2.22. The molecule has 0 saturated heterocycles. The zero-order valence-electron chi connectivity index (χ0n) is 12.3. The smallest absolute Gasteiger partial charge is 0.345 e. The molecule has 1 amide bonds. The minimum absolute atomic E-state index is 0.376. The summed E-state index contributed by atoms with van der Waals surface area (Å²) in [6.07, 6.45) is 0. The molecule has 130 valence electrons. The fourth-order valence-corrected chi connectivity index (χ4v) is 1.82. The molecule has 0 unspecified atom stereocenters. The first kappa shape index (κ1) is 17.9. The van der Waals surface area contributed by atoms with Gasteiger partial charge in [-0.15, -0.1) is 0 Å². The third-order valence-electron chi connectivity index (χ3n) is 2.96. The van der Waals surface area contributed by atoms with Crippen LogP contribution in [0.5, 0.6) is 0 Å². The molecule has 25 heavy (non-hydrogen) atoms. The first-order chi connectivity index (χ1) is 11.8. The van der Waals surface area contributed by atoms with Gasteiger partial charge in [0.1, 0.15) is 5.56 Å². The van der Waals surface area contributed by atoms with Crippen molar-refractivity contribution in [3.05, 3.63) is 69.5 Å². The van der Waals surface area contributed by atoms with E-state index in [2.05, 4.69) is 4.74 Å². The van der Waals surface area contributed by atoms with E-state index >= 15 is 0 Å². The molecule has 10 heteroatoms. The lowest BCUT2D eigenvalue weighted by atomic mass is 10.2. The van der Waals surface area contributed by atoms with Gasteiger partial charge in [0.25, 0.3) is 11.6 Å². The Bertz CT molecular complexity index is 857. The van der Waals surface area contributed by atoms with Gasteiger partial charge in [-0.3, -0.25) is 14.9 Å². The van der Waals surface area contributed by atoms with Crippen molar-refractivity contribution in [1.29, 1.82) is 0 Å². The SMILES string of the molecule is O=C(COC(=O)c1ccccc1[N+](=O)[O-])Nc1ccc(F)c(F)c1F. The van der Waals surface area contributed by atoms with Gasteiger partial charge in [-0.05, 0) is 18.2 Å². The normalized spacial score (nSPS) is 10.2. The fraction of sp³-hybridized carbons (Fsp3) is 0.0667. The molecular weight excluding hydrogens is 345 g/mol. The summed E-state index contributed by atoms with van der Waals surface area (Å²) in [5, 5.41) is 12.7. The number of halogens is 3. The van der Waals surface area contributed by atoms with Crippen LogP contribution in [-0.4, -0.2) is 23.4 Å². The van der Waals surface area contributed by atoms with Gasteiger partial charge in [-0.25, -0.2) is 18.0 Å². The molecule has 0 aliphatic carbocycles. The molecule has 2 rings (SSSR count). The van der Waals surface area contributed by atoms with Crippen LogP contribution >= 0.6 is 0 Å². The summed E-state index contributed by atoms with van der Waals surface area (Å²) in [6, 6.07) is 6.30. The number of benzene rings is 2. The Hall–Kier alpha value is -3.43. The van der Waals surface area contributed by atoms with Gasteiger partial charge in [0.05, 0.1) is 10.6 Å². The van der Waals surface area contributed by atoms with Gasteiger partial charge < -0.3 is 10.1 Å². The van der Waals surface area contributed by atoms with Crippen LogP contribution in [0.15, 0.2) is 36.4 Å². The monoisotopic (exact) mass is 354 g/mol. The van der Waals surface area contributed by atoms with Crippen LogP contribution in [0.25, 0.3) is 0 Å². The molecular formula is C15H9F3N2O5. The molecule has 0 aromatic heterocycles. The topological polar surface area (TPSA) is 98.5 Å². The molecule has 0 atom stereocenters. The van der Waals surface area contributed by atoms with Crippen molar-refractivity contribution < 1.29 is 32.4 Å². The van der Waals surface area contributed by atoms with Gasteiger partial charge in [-0.2, -0.15) is 0 Å². The number of nitro groups is 1. The summed E-state index contributed by atoms with van der Waals surface area (Å²) in [6.45, 7) is -0.913. The molecule has 0 saturated carbocycles. The van der Waals surface area contributed by atoms with Crippen molar-refractivity contribution in [2.45, 2.75) is 0 Å². The van der Waals surface area contributed by atoms with Crippen LogP contribution in [0.1, 0.15) is 10.4 Å². The molecule has 7 nitrogen and oxygen atoms in total. The number of amides is 1. The van der Waals surface area contributed by atoms with Crippen molar-refractivity contribution in [2.24, 2.45) is 0 Å². The predicted molar refractivity (Wildman–Crippen MR) is 78.3 cm³/mol. The zero-order valence-corrected chi connectivity index (χ0v) is 12.3. The summed E-state index contributed by atoms with van der Waals surface area (Å²) in [5.41, 5.74) is -1.54. The Labute approximate surface area is 138 Å². The van der Waals surface area contributed by atoms with E-state index < -0.39 is 52.2 Å². The van der Waals surface area contributed by atoms with Crippen molar-refractivity contribution >= 4 is 23.3 Å². The first-order valence-corrected chi connectivity index (χ1v) is 6.65. The minimum Gasteiger partial charge on any atom is -0.452 e. The number of nitrogens with one attached hydrogen (secondary N) is 1. The molecule has 0 spiro atoms. The van der Waals surface area contributed by atoms with Crippen molar-refractivity contribution in [1.82, 2.24) is 0 Å². The molecule has 2 aromatic carbocycles. The van der Waals surface area contributed by atoms with Crippen molar-refractivity contribution in [2.75, 3.05) is 11.9 Å². The molecule has 0 fully saturated rings. The van der Waals surface area contributed by atoms with E-state index in [1.807, 2.05) is 5.32 Å². The van der Waals surface area contributed by atoms with E-state index in [0.29, 0.717) is 6.07 Å². The molecule has 1 N–H and O–H groups in total. The number of hydrogen-bond acceptors (Lipinski definition) is 5. The number of carbonyl (C=O) groups is 2. The second kappa shape index (κ2) is 7.43.